The summed E-state index contributed by atoms with van der Waals surface area (Å²) in [5.74, 6) is -1.08. The zero-order chi connectivity index (χ0) is 13.8. The molecule has 0 spiro atoms. The van der Waals surface area contributed by atoms with Crippen LogP contribution in [0.4, 0.5) is 4.79 Å². The molecule has 1 aromatic heterocycles. The first-order chi connectivity index (χ1) is 9.06. The van der Waals surface area contributed by atoms with Crippen LogP contribution in [0.1, 0.15) is 29.7 Å². The molecule has 0 radical (unpaired) electrons. The van der Waals surface area contributed by atoms with Crippen molar-refractivity contribution in [3.05, 3.63) is 21.9 Å². The van der Waals surface area contributed by atoms with Crippen molar-refractivity contribution >= 4 is 23.3 Å². The van der Waals surface area contributed by atoms with E-state index < -0.39 is 5.97 Å². The van der Waals surface area contributed by atoms with Crippen molar-refractivity contribution in [2.75, 3.05) is 0 Å². The predicted molar refractivity (Wildman–Crippen MR) is 73.2 cm³/mol. The van der Waals surface area contributed by atoms with Crippen LogP contribution in [0.5, 0.6) is 0 Å². The zero-order valence-electron chi connectivity index (χ0n) is 10.8. The van der Waals surface area contributed by atoms with Gasteiger partial charge < -0.3 is 15.7 Å². The zero-order valence-corrected chi connectivity index (χ0v) is 11.6. The molecule has 2 unspecified atom stereocenters. The molecule has 1 saturated carbocycles. The Morgan fingerprint density at radius 1 is 1.47 bits per heavy atom. The van der Waals surface area contributed by atoms with Crippen molar-refractivity contribution in [1.82, 2.24) is 10.6 Å². The van der Waals surface area contributed by atoms with Crippen LogP contribution in [-0.4, -0.2) is 23.1 Å². The minimum Gasteiger partial charge on any atom is -0.481 e. The molecule has 3 N–H and O–H groups in total. The van der Waals surface area contributed by atoms with Gasteiger partial charge in [0, 0.05) is 10.9 Å². The SMILES string of the molecule is Cc1ccsc1CNC(=O)NC1CCC(C(=O)O)C1. The van der Waals surface area contributed by atoms with Crippen LogP contribution in [-0.2, 0) is 11.3 Å². The molecule has 0 aliphatic heterocycles. The number of hydrogen-bond donors (Lipinski definition) is 3. The Labute approximate surface area is 116 Å². The summed E-state index contributed by atoms with van der Waals surface area (Å²) < 4.78 is 0. The van der Waals surface area contributed by atoms with Gasteiger partial charge in [0.15, 0.2) is 0 Å². The number of carboxylic acids is 1. The number of urea groups is 1. The Hall–Kier alpha value is -1.56. The molecule has 1 aromatic rings. The fourth-order valence-electron chi connectivity index (χ4n) is 2.32. The van der Waals surface area contributed by atoms with Gasteiger partial charge in [0.25, 0.3) is 0 Å². The Morgan fingerprint density at radius 2 is 2.26 bits per heavy atom. The average molecular weight is 282 g/mol. The van der Waals surface area contributed by atoms with E-state index in [1.165, 1.54) is 5.56 Å². The molecule has 0 bridgehead atoms. The van der Waals surface area contributed by atoms with Gasteiger partial charge in [0.05, 0.1) is 12.5 Å². The Kier molecular flexibility index (Phi) is 4.42. The molecular weight excluding hydrogens is 264 g/mol. The van der Waals surface area contributed by atoms with E-state index >= 15 is 0 Å². The molecule has 1 heterocycles. The van der Waals surface area contributed by atoms with Crippen LogP contribution in [0.15, 0.2) is 11.4 Å². The lowest BCUT2D eigenvalue weighted by Gasteiger charge is -2.13. The fourth-order valence-corrected chi connectivity index (χ4v) is 3.16. The van der Waals surface area contributed by atoms with Gasteiger partial charge in [0.2, 0.25) is 0 Å². The van der Waals surface area contributed by atoms with Crippen molar-refractivity contribution < 1.29 is 14.7 Å². The van der Waals surface area contributed by atoms with Crippen molar-refractivity contribution in [3.63, 3.8) is 0 Å². The number of hydrogen-bond acceptors (Lipinski definition) is 3. The summed E-state index contributed by atoms with van der Waals surface area (Å²) in [6.45, 7) is 2.53. The summed E-state index contributed by atoms with van der Waals surface area (Å²) >= 11 is 1.62. The average Bonchev–Trinajstić information content (AvgIpc) is 2.96. The van der Waals surface area contributed by atoms with Crippen molar-refractivity contribution in [2.24, 2.45) is 5.92 Å². The first kappa shape index (κ1) is 13.9. The van der Waals surface area contributed by atoms with Crippen LogP contribution < -0.4 is 10.6 Å². The summed E-state index contributed by atoms with van der Waals surface area (Å²) in [6, 6.07) is 1.78. The van der Waals surface area contributed by atoms with Crippen LogP contribution in [0.3, 0.4) is 0 Å². The molecule has 0 saturated heterocycles. The second-order valence-corrected chi connectivity index (χ2v) is 5.90. The van der Waals surface area contributed by atoms with Gasteiger partial charge in [-0.1, -0.05) is 0 Å². The third kappa shape index (κ3) is 3.70. The number of carboxylic acid groups (broad SMARTS) is 1. The Morgan fingerprint density at radius 3 is 2.84 bits per heavy atom. The minimum absolute atomic E-state index is 0.0227. The smallest absolute Gasteiger partial charge is 0.315 e. The van der Waals surface area contributed by atoms with Crippen molar-refractivity contribution in [2.45, 2.75) is 38.8 Å². The summed E-state index contributed by atoms with van der Waals surface area (Å²) in [4.78, 5) is 23.7. The maximum Gasteiger partial charge on any atom is 0.315 e. The molecule has 0 aromatic carbocycles. The summed E-state index contributed by atoms with van der Waals surface area (Å²) in [7, 11) is 0. The van der Waals surface area contributed by atoms with Crippen molar-refractivity contribution in [3.8, 4) is 0 Å². The number of thiophene rings is 1. The van der Waals surface area contributed by atoms with Crippen LogP contribution in [0.2, 0.25) is 0 Å². The van der Waals surface area contributed by atoms with Crippen LogP contribution >= 0.6 is 11.3 Å². The third-order valence-electron chi connectivity index (χ3n) is 3.49. The highest BCUT2D eigenvalue weighted by Gasteiger charge is 2.30. The van der Waals surface area contributed by atoms with Gasteiger partial charge in [0.1, 0.15) is 0 Å². The third-order valence-corrected chi connectivity index (χ3v) is 4.52. The fraction of sp³-hybridized carbons (Fsp3) is 0.538. The summed E-state index contributed by atoms with van der Waals surface area (Å²) in [5, 5.41) is 16.5. The van der Waals surface area contributed by atoms with E-state index in [9.17, 15) is 9.59 Å². The van der Waals surface area contributed by atoms with Gasteiger partial charge in [-0.3, -0.25) is 4.79 Å². The quantitative estimate of drug-likeness (QED) is 0.791. The molecular formula is C13H18N2O3S. The second-order valence-electron chi connectivity index (χ2n) is 4.90. The predicted octanol–water partition coefficient (Wildman–Crippen LogP) is 2.11. The standard InChI is InChI=1S/C13H18N2O3S/c1-8-4-5-19-11(8)7-14-13(18)15-10-3-2-9(6-10)12(16)17/h4-5,9-10H,2-3,6-7H2,1H3,(H,16,17)(H2,14,15,18). The normalized spacial score (nSPS) is 22.2. The van der Waals surface area contributed by atoms with Gasteiger partial charge in [-0.05, 0) is 43.2 Å². The first-order valence-corrected chi connectivity index (χ1v) is 7.24. The minimum atomic E-state index is -0.765. The number of amides is 2. The van der Waals surface area contributed by atoms with E-state index in [2.05, 4.69) is 10.6 Å². The van der Waals surface area contributed by atoms with Gasteiger partial charge in [-0.25, -0.2) is 4.79 Å². The largest absolute Gasteiger partial charge is 0.481 e. The van der Waals surface area contributed by atoms with Crippen molar-refractivity contribution in [1.29, 1.82) is 0 Å². The van der Waals surface area contributed by atoms with E-state index in [0.29, 0.717) is 19.4 Å². The van der Waals surface area contributed by atoms with Crippen LogP contribution in [0.25, 0.3) is 0 Å². The summed E-state index contributed by atoms with van der Waals surface area (Å²) in [5.41, 5.74) is 1.18. The van der Waals surface area contributed by atoms with Crippen LogP contribution in [0, 0.1) is 12.8 Å². The van der Waals surface area contributed by atoms with E-state index in [1.54, 1.807) is 11.3 Å². The van der Waals surface area contributed by atoms with E-state index in [-0.39, 0.29) is 18.0 Å². The number of nitrogens with one attached hydrogen (secondary N) is 2. The number of aryl methyl sites for hydroxylation is 1. The van der Waals surface area contributed by atoms with E-state index in [1.807, 2.05) is 18.4 Å². The maximum absolute atomic E-state index is 11.7. The lowest BCUT2D eigenvalue weighted by atomic mass is 10.1. The highest BCUT2D eigenvalue weighted by molar-refractivity contribution is 7.10. The van der Waals surface area contributed by atoms with Gasteiger partial charge >= 0.3 is 12.0 Å². The molecule has 1 aliphatic carbocycles. The second kappa shape index (κ2) is 6.06. The molecule has 5 nitrogen and oxygen atoms in total. The molecule has 1 fully saturated rings. The number of carbonyl (C=O) groups excluding carboxylic acids is 1. The highest BCUT2D eigenvalue weighted by atomic mass is 32.1. The molecule has 2 rings (SSSR count). The number of carbonyl (C=O) groups is 2. The van der Waals surface area contributed by atoms with Gasteiger partial charge in [-0.2, -0.15) is 0 Å². The molecule has 2 amide bonds. The maximum atomic E-state index is 11.7. The number of aliphatic carboxylic acids is 1. The van der Waals surface area contributed by atoms with E-state index in [0.717, 1.165) is 11.3 Å². The lowest BCUT2D eigenvalue weighted by Crippen LogP contribution is -2.40. The topological polar surface area (TPSA) is 78.4 Å². The first-order valence-electron chi connectivity index (χ1n) is 6.36. The summed E-state index contributed by atoms with van der Waals surface area (Å²) in [6.07, 6.45) is 1.91. The number of rotatable bonds is 4. The Bertz CT molecular complexity index is 472. The monoisotopic (exact) mass is 282 g/mol. The molecule has 19 heavy (non-hydrogen) atoms. The molecule has 1 aliphatic rings. The highest BCUT2D eigenvalue weighted by Crippen LogP contribution is 2.25. The molecule has 104 valence electrons. The van der Waals surface area contributed by atoms with Gasteiger partial charge in [-0.15, -0.1) is 11.3 Å². The van der Waals surface area contributed by atoms with E-state index in [4.69, 9.17) is 5.11 Å². The molecule has 2 atom stereocenters. The lowest BCUT2D eigenvalue weighted by molar-refractivity contribution is -0.141. The molecule has 6 heteroatoms. The Balaban J connectivity index is 1.73.